The van der Waals surface area contributed by atoms with Crippen molar-refractivity contribution in [2.45, 2.75) is 64.3 Å². The Morgan fingerprint density at radius 1 is 1.33 bits per heavy atom. The summed E-state index contributed by atoms with van der Waals surface area (Å²) >= 11 is 0. The van der Waals surface area contributed by atoms with Gasteiger partial charge in [-0.1, -0.05) is 38.5 Å². The van der Waals surface area contributed by atoms with Crippen molar-refractivity contribution >= 4 is 5.82 Å². The first-order valence-electron chi connectivity index (χ1n) is 7.06. The second-order valence-corrected chi connectivity index (χ2v) is 5.13. The summed E-state index contributed by atoms with van der Waals surface area (Å²) in [5, 5.41) is 0. The molecule has 1 aliphatic carbocycles. The lowest BCUT2D eigenvalue weighted by atomic mass is 9.96. The number of aryl methyl sites for hydroxylation is 1. The smallest absolute Gasteiger partial charge is 0.127 e. The number of nitrogens with zero attached hydrogens (tertiary/aromatic N) is 2. The molecule has 0 aliphatic heterocycles. The predicted octanol–water partition coefficient (Wildman–Crippen LogP) is 3.10. The maximum Gasteiger partial charge on any atom is 0.127 e. The van der Waals surface area contributed by atoms with Gasteiger partial charge in [0, 0.05) is 12.3 Å². The number of hydrogen-bond donors (Lipinski definition) is 1. The normalized spacial score (nSPS) is 17.3. The molecular formula is C15H23N3. The van der Waals surface area contributed by atoms with Crippen LogP contribution in [-0.4, -0.2) is 9.55 Å². The summed E-state index contributed by atoms with van der Waals surface area (Å²) in [6.07, 6.45) is 14.0. The van der Waals surface area contributed by atoms with Crippen LogP contribution in [0.15, 0.2) is 0 Å². The summed E-state index contributed by atoms with van der Waals surface area (Å²) in [5.41, 5.74) is 7.35. The first kappa shape index (κ1) is 13.0. The van der Waals surface area contributed by atoms with Crippen molar-refractivity contribution in [3.05, 3.63) is 11.5 Å². The molecule has 0 bridgehead atoms. The number of imidazole rings is 1. The second-order valence-electron chi connectivity index (χ2n) is 5.13. The highest BCUT2D eigenvalue weighted by atomic mass is 15.1. The van der Waals surface area contributed by atoms with E-state index >= 15 is 0 Å². The first-order valence-corrected chi connectivity index (χ1v) is 7.06. The second kappa shape index (κ2) is 5.95. The summed E-state index contributed by atoms with van der Waals surface area (Å²) in [7, 11) is 0. The zero-order valence-electron chi connectivity index (χ0n) is 11.3. The third-order valence-corrected chi connectivity index (χ3v) is 3.92. The van der Waals surface area contributed by atoms with E-state index in [2.05, 4.69) is 12.8 Å². The summed E-state index contributed by atoms with van der Waals surface area (Å²) in [6.45, 7) is 2.64. The molecule has 0 spiro atoms. The van der Waals surface area contributed by atoms with Crippen LogP contribution in [0.3, 0.4) is 0 Å². The number of nitrogens with two attached hydrogens (primary N) is 1. The SMILES string of the molecule is C#CCn1c(CC)nc(C2CCCCCC2)c1N. The molecule has 1 heterocycles. The molecule has 98 valence electrons. The topological polar surface area (TPSA) is 43.8 Å². The third kappa shape index (κ3) is 2.53. The number of nitrogen functional groups attached to an aromatic ring is 1. The minimum Gasteiger partial charge on any atom is -0.384 e. The van der Waals surface area contributed by atoms with E-state index in [9.17, 15) is 0 Å². The molecule has 2 rings (SSSR count). The van der Waals surface area contributed by atoms with E-state index in [1.807, 2.05) is 4.57 Å². The molecule has 0 aromatic carbocycles. The quantitative estimate of drug-likeness (QED) is 0.657. The Morgan fingerprint density at radius 2 is 2.00 bits per heavy atom. The van der Waals surface area contributed by atoms with Gasteiger partial charge < -0.3 is 10.3 Å². The van der Waals surface area contributed by atoms with Gasteiger partial charge in [-0.3, -0.25) is 0 Å². The summed E-state index contributed by atoms with van der Waals surface area (Å²) in [5.74, 6) is 5.04. The fourth-order valence-electron chi connectivity index (χ4n) is 2.92. The van der Waals surface area contributed by atoms with E-state index in [4.69, 9.17) is 17.1 Å². The van der Waals surface area contributed by atoms with Gasteiger partial charge in [0.15, 0.2) is 0 Å². The van der Waals surface area contributed by atoms with Crippen molar-refractivity contribution in [1.29, 1.82) is 0 Å². The van der Waals surface area contributed by atoms with Gasteiger partial charge in [0.2, 0.25) is 0 Å². The van der Waals surface area contributed by atoms with Crippen LogP contribution in [0.5, 0.6) is 0 Å². The third-order valence-electron chi connectivity index (χ3n) is 3.92. The fourth-order valence-corrected chi connectivity index (χ4v) is 2.92. The molecule has 2 N–H and O–H groups in total. The highest BCUT2D eigenvalue weighted by Gasteiger charge is 2.22. The number of rotatable bonds is 3. The monoisotopic (exact) mass is 245 g/mol. The molecule has 18 heavy (non-hydrogen) atoms. The first-order chi connectivity index (χ1) is 8.77. The van der Waals surface area contributed by atoms with Crippen molar-refractivity contribution in [3.63, 3.8) is 0 Å². The molecule has 0 amide bonds. The molecule has 0 radical (unpaired) electrons. The average molecular weight is 245 g/mol. The predicted molar refractivity (Wildman–Crippen MR) is 75.3 cm³/mol. The van der Waals surface area contributed by atoms with E-state index in [1.54, 1.807) is 0 Å². The van der Waals surface area contributed by atoms with Gasteiger partial charge >= 0.3 is 0 Å². The summed E-state index contributed by atoms with van der Waals surface area (Å²) < 4.78 is 2.00. The average Bonchev–Trinajstić information content (AvgIpc) is 2.60. The van der Waals surface area contributed by atoms with Crippen LogP contribution in [0.1, 0.15) is 62.9 Å². The Balaban J connectivity index is 2.29. The van der Waals surface area contributed by atoms with Crippen molar-refractivity contribution in [2.75, 3.05) is 5.73 Å². The summed E-state index contributed by atoms with van der Waals surface area (Å²) in [6, 6.07) is 0. The lowest BCUT2D eigenvalue weighted by Crippen LogP contribution is -2.07. The molecule has 0 atom stereocenters. The van der Waals surface area contributed by atoms with Crippen molar-refractivity contribution in [1.82, 2.24) is 9.55 Å². The Morgan fingerprint density at radius 3 is 2.56 bits per heavy atom. The minimum absolute atomic E-state index is 0.536. The van der Waals surface area contributed by atoms with Gasteiger partial charge in [-0.15, -0.1) is 6.42 Å². The lowest BCUT2D eigenvalue weighted by molar-refractivity contribution is 0.580. The van der Waals surface area contributed by atoms with Crippen LogP contribution in [0.2, 0.25) is 0 Å². The van der Waals surface area contributed by atoms with Crippen LogP contribution in [0, 0.1) is 12.3 Å². The minimum atomic E-state index is 0.536. The van der Waals surface area contributed by atoms with Gasteiger partial charge in [-0.2, -0.15) is 0 Å². The number of terminal acetylenes is 1. The van der Waals surface area contributed by atoms with E-state index in [1.165, 1.54) is 38.5 Å². The summed E-state index contributed by atoms with van der Waals surface area (Å²) in [4.78, 5) is 4.75. The van der Waals surface area contributed by atoms with Gasteiger partial charge in [0.05, 0.1) is 12.2 Å². The molecule has 1 aromatic rings. The number of hydrogen-bond acceptors (Lipinski definition) is 2. The maximum atomic E-state index is 6.25. The van der Waals surface area contributed by atoms with Gasteiger partial charge in [-0.25, -0.2) is 4.98 Å². The van der Waals surface area contributed by atoms with Crippen LogP contribution in [-0.2, 0) is 13.0 Å². The maximum absolute atomic E-state index is 6.25. The highest BCUT2D eigenvalue weighted by Crippen LogP contribution is 2.34. The Labute approximate surface area is 110 Å². The van der Waals surface area contributed by atoms with Crippen LogP contribution >= 0.6 is 0 Å². The Kier molecular flexibility index (Phi) is 4.30. The molecular weight excluding hydrogens is 222 g/mol. The molecule has 1 aliphatic rings. The van der Waals surface area contributed by atoms with E-state index in [0.717, 1.165) is 23.8 Å². The Bertz CT molecular complexity index is 431. The molecule has 1 fully saturated rings. The zero-order chi connectivity index (χ0) is 13.0. The van der Waals surface area contributed by atoms with E-state index < -0.39 is 0 Å². The van der Waals surface area contributed by atoms with Crippen LogP contribution in [0.4, 0.5) is 5.82 Å². The standard InChI is InChI=1S/C15H23N3/c1-3-11-18-13(4-2)17-14(15(18)16)12-9-7-5-6-8-10-12/h1,12H,4-11,16H2,2H3. The van der Waals surface area contributed by atoms with Gasteiger partial charge in [0.25, 0.3) is 0 Å². The van der Waals surface area contributed by atoms with Gasteiger partial charge in [-0.05, 0) is 12.8 Å². The van der Waals surface area contributed by atoms with Crippen molar-refractivity contribution in [3.8, 4) is 12.3 Å². The van der Waals surface area contributed by atoms with E-state index in [0.29, 0.717) is 12.5 Å². The fraction of sp³-hybridized carbons (Fsp3) is 0.667. The van der Waals surface area contributed by atoms with Crippen LogP contribution < -0.4 is 5.73 Å². The van der Waals surface area contributed by atoms with Crippen molar-refractivity contribution in [2.24, 2.45) is 0 Å². The molecule has 0 unspecified atom stereocenters. The lowest BCUT2D eigenvalue weighted by Gasteiger charge is -2.12. The van der Waals surface area contributed by atoms with Crippen LogP contribution in [0.25, 0.3) is 0 Å². The molecule has 3 nitrogen and oxygen atoms in total. The van der Waals surface area contributed by atoms with Crippen molar-refractivity contribution < 1.29 is 0 Å². The highest BCUT2D eigenvalue weighted by molar-refractivity contribution is 5.41. The molecule has 3 heteroatoms. The zero-order valence-corrected chi connectivity index (χ0v) is 11.3. The molecule has 0 saturated heterocycles. The largest absolute Gasteiger partial charge is 0.384 e. The molecule has 1 saturated carbocycles. The molecule has 1 aromatic heterocycles. The number of anilines is 1. The number of aromatic nitrogens is 2. The van der Waals surface area contributed by atoms with E-state index in [-0.39, 0.29) is 0 Å². The van der Waals surface area contributed by atoms with Gasteiger partial charge in [0.1, 0.15) is 11.6 Å². The Hall–Kier alpha value is -1.43.